The lowest BCUT2D eigenvalue weighted by molar-refractivity contribution is -0.130. The van der Waals surface area contributed by atoms with Gasteiger partial charge in [0.1, 0.15) is 0 Å². The van der Waals surface area contributed by atoms with Crippen molar-refractivity contribution in [2.24, 2.45) is 5.73 Å². The van der Waals surface area contributed by atoms with Crippen molar-refractivity contribution in [3.05, 3.63) is 35.4 Å². The molecule has 1 aliphatic heterocycles. The minimum Gasteiger partial charge on any atom is -0.343 e. The maximum absolute atomic E-state index is 12.2. The highest BCUT2D eigenvalue weighted by Crippen LogP contribution is 2.23. The van der Waals surface area contributed by atoms with E-state index in [0.717, 1.165) is 25.9 Å². The zero-order valence-corrected chi connectivity index (χ0v) is 12.6. The number of carbonyl (C=O) groups excluding carboxylic acids is 1. The summed E-state index contributed by atoms with van der Waals surface area (Å²) in [4.78, 5) is 14.2. The van der Waals surface area contributed by atoms with Gasteiger partial charge in [0.05, 0.1) is 0 Å². The molecule has 110 valence electrons. The Kier molecular flexibility index (Phi) is 5.18. The van der Waals surface area contributed by atoms with E-state index in [2.05, 4.69) is 38.1 Å². The van der Waals surface area contributed by atoms with Crippen LogP contribution >= 0.6 is 0 Å². The quantitative estimate of drug-likeness (QED) is 0.897. The average molecular weight is 274 g/mol. The molecule has 3 heteroatoms. The zero-order valence-electron chi connectivity index (χ0n) is 12.6. The SMILES string of the molecule is CC(C)c1ccc(C(CN)CC(=O)N2CCCC2)cc1. The minimum absolute atomic E-state index is 0.143. The van der Waals surface area contributed by atoms with Crippen molar-refractivity contribution in [3.8, 4) is 0 Å². The van der Waals surface area contributed by atoms with Crippen molar-refractivity contribution >= 4 is 5.91 Å². The summed E-state index contributed by atoms with van der Waals surface area (Å²) >= 11 is 0. The number of amides is 1. The average Bonchev–Trinajstić information content (AvgIpc) is 2.99. The molecular formula is C17H26N2O. The maximum Gasteiger partial charge on any atom is 0.223 e. The highest BCUT2D eigenvalue weighted by atomic mass is 16.2. The molecule has 1 atom stereocenters. The smallest absolute Gasteiger partial charge is 0.223 e. The van der Waals surface area contributed by atoms with Gasteiger partial charge in [0.15, 0.2) is 0 Å². The van der Waals surface area contributed by atoms with E-state index < -0.39 is 0 Å². The Morgan fingerprint density at radius 2 is 1.70 bits per heavy atom. The lowest BCUT2D eigenvalue weighted by Crippen LogP contribution is -2.30. The number of carbonyl (C=O) groups is 1. The van der Waals surface area contributed by atoms with Crippen LogP contribution in [0.4, 0.5) is 0 Å². The molecule has 1 aliphatic rings. The molecule has 1 fully saturated rings. The third-order valence-electron chi connectivity index (χ3n) is 4.24. The van der Waals surface area contributed by atoms with E-state index in [-0.39, 0.29) is 11.8 Å². The monoisotopic (exact) mass is 274 g/mol. The van der Waals surface area contributed by atoms with Gasteiger partial charge in [-0.2, -0.15) is 0 Å². The topological polar surface area (TPSA) is 46.3 Å². The first-order chi connectivity index (χ1) is 9.61. The normalized spacial score (nSPS) is 16.7. The van der Waals surface area contributed by atoms with Crippen molar-refractivity contribution in [2.75, 3.05) is 19.6 Å². The Labute approximate surface area is 122 Å². The first-order valence-electron chi connectivity index (χ1n) is 7.69. The molecule has 0 aromatic heterocycles. The Balaban J connectivity index is 2.01. The van der Waals surface area contributed by atoms with Gasteiger partial charge in [-0.3, -0.25) is 4.79 Å². The molecule has 1 saturated heterocycles. The molecule has 1 aromatic carbocycles. The van der Waals surface area contributed by atoms with Crippen LogP contribution in [0.25, 0.3) is 0 Å². The van der Waals surface area contributed by atoms with Gasteiger partial charge in [0.2, 0.25) is 5.91 Å². The number of hydrogen-bond donors (Lipinski definition) is 1. The molecule has 2 rings (SSSR count). The Morgan fingerprint density at radius 3 is 2.20 bits per heavy atom. The van der Waals surface area contributed by atoms with Crippen LogP contribution in [-0.4, -0.2) is 30.4 Å². The second kappa shape index (κ2) is 6.89. The Bertz CT molecular complexity index is 433. The Morgan fingerprint density at radius 1 is 1.15 bits per heavy atom. The second-order valence-electron chi connectivity index (χ2n) is 6.05. The lowest BCUT2D eigenvalue weighted by Gasteiger charge is -2.20. The van der Waals surface area contributed by atoms with Gasteiger partial charge in [-0.15, -0.1) is 0 Å². The van der Waals surface area contributed by atoms with E-state index in [9.17, 15) is 4.79 Å². The fourth-order valence-electron chi connectivity index (χ4n) is 2.80. The van der Waals surface area contributed by atoms with Gasteiger partial charge in [0, 0.05) is 25.4 Å². The van der Waals surface area contributed by atoms with Gasteiger partial charge in [-0.1, -0.05) is 38.1 Å². The van der Waals surface area contributed by atoms with Crippen LogP contribution in [0.2, 0.25) is 0 Å². The zero-order chi connectivity index (χ0) is 14.5. The molecule has 0 radical (unpaired) electrons. The number of rotatable bonds is 5. The molecule has 1 aromatic rings. The highest BCUT2D eigenvalue weighted by molar-refractivity contribution is 5.77. The van der Waals surface area contributed by atoms with E-state index in [1.165, 1.54) is 11.1 Å². The van der Waals surface area contributed by atoms with Crippen molar-refractivity contribution in [3.63, 3.8) is 0 Å². The molecule has 2 N–H and O–H groups in total. The van der Waals surface area contributed by atoms with Crippen molar-refractivity contribution < 1.29 is 4.79 Å². The van der Waals surface area contributed by atoms with Crippen molar-refractivity contribution in [2.45, 2.75) is 44.9 Å². The first-order valence-corrected chi connectivity index (χ1v) is 7.69. The molecule has 0 saturated carbocycles. The molecule has 1 unspecified atom stereocenters. The van der Waals surface area contributed by atoms with Crippen LogP contribution in [0.3, 0.4) is 0 Å². The predicted molar refractivity (Wildman–Crippen MR) is 82.8 cm³/mol. The number of likely N-dealkylation sites (tertiary alicyclic amines) is 1. The van der Waals surface area contributed by atoms with Crippen LogP contribution in [-0.2, 0) is 4.79 Å². The summed E-state index contributed by atoms with van der Waals surface area (Å²) in [6.07, 6.45) is 2.82. The van der Waals surface area contributed by atoms with Crippen LogP contribution in [0.5, 0.6) is 0 Å². The molecule has 3 nitrogen and oxygen atoms in total. The third kappa shape index (κ3) is 3.60. The molecule has 1 amide bonds. The molecule has 0 bridgehead atoms. The van der Waals surface area contributed by atoms with Crippen molar-refractivity contribution in [1.29, 1.82) is 0 Å². The van der Waals surface area contributed by atoms with E-state index >= 15 is 0 Å². The number of nitrogens with zero attached hydrogens (tertiary/aromatic N) is 1. The van der Waals surface area contributed by atoms with Crippen LogP contribution in [0.15, 0.2) is 24.3 Å². The summed E-state index contributed by atoms with van der Waals surface area (Å²) in [6.45, 7) is 6.74. The van der Waals surface area contributed by atoms with E-state index in [4.69, 9.17) is 5.73 Å². The maximum atomic E-state index is 12.2. The van der Waals surface area contributed by atoms with E-state index in [1.807, 2.05) is 4.90 Å². The van der Waals surface area contributed by atoms with Crippen molar-refractivity contribution in [1.82, 2.24) is 4.90 Å². The third-order valence-corrected chi connectivity index (χ3v) is 4.24. The van der Waals surface area contributed by atoms with E-state index in [1.54, 1.807) is 0 Å². The van der Waals surface area contributed by atoms with Crippen LogP contribution in [0, 0.1) is 0 Å². The Hall–Kier alpha value is -1.35. The number of hydrogen-bond acceptors (Lipinski definition) is 2. The molecule has 0 aliphatic carbocycles. The first kappa shape index (κ1) is 15.0. The van der Waals surface area contributed by atoms with Gasteiger partial charge in [0.25, 0.3) is 0 Å². The van der Waals surface area contributed by atoms with Gasteiger partial charge in [-0.25, -0.2) is 0 Å². The number of nitrogens with two attached hydrogens (primary N) is 1. The predicted octanol–water partition coefficient (Wildman–Crippen LogP) is 2.86. The van der Waals surface area contributed by atoms with E-state index in [0.29, 0.717) is 18.9 Å². The molecule has 1 heterocycles. The highest BCUT2D eigenvalue weighted by Gasteiger charge is 2.22. The standard InChI is InChI=1S/C17H26N2O/c1-13(2)14-5-7-15(8-6-14)16(12-18)11-17(20)19-9-3-4-10-19/h5-8,13,16H,3-4,9-12,18H2,1-2H3. The summed E-state index contributed by atoms with van der Waals surface area (Å²) < 4.78 is 0. The molecule has 20 heavy (non-hydrogen) atoms. The van der Waals surface area contributed by atoms with Gasteiger partial charge < -0.3 is 10.6 Å². The van der Waals surface area contributed by atoms with Gasteiger partial charge in [-0.05, 0) is 36.4 Å². The fraction of sp³-hybridized carbons (Fsp3) is 0.588. The lowest BCUT2D eigenvalue weighted by atomic mass is 9.92. The summed E-state index contributed by atoms with van der Waals surface area (Å²) in [6, 6.07) is 8.57. The van der Waals surface area contributed by atoms with Crippen LogP contribution in [0.1, 0.15) is 56.1 Å². The summed E-state index contributed by atoms with van der Waals surface area (Å²) in [5.74, 6) is 0.932. The minimum atomic E-state index is 0.143. The summed E-state index contributed by atoms with van der Waals surface area (Å²) in [7, 11) is 0. The molecule has 0 spiro atoms. The largest absolute Gasteiger partial charge is 0.343 e. The molecular weight excluding hydrogens is 248 g/mol. The van der Waals surface area contributed by atoms with Crippen LogP contribution < -0.4 is 5.73 Å². The summed E-state index contributed by atoms with van der Waals surface area (Å²) in [5, 5.41) is 0. The number of benzene rings is 1. The fourth-order valence-corrected chi connectivity index (χ4v) is 2.80. The van der Waals surface area contributed by atoms with Gasteiger partial charge >= 0.3 is 0 Å². The second-order valence-corrected chi connectivity index (χ2v) is 6.05. The summed E-state index contributed by atoms with van der Waals surface area (Å²) in [5.41, 5.74) is 8.39.